The standard InChI is InChI=1S/C30H35ClN6O3S.C22H18ClFN4O3S.C16H20BFN2O2.C11H9Cl2N3O3S.C8H18N2.C6H6ClNO2S.C5H4Cl2N2O.3CH4/c1-5-19-14-20(15-21-17-32-30(34-28(19)21)33-22-10-12-24(13-11-22)37(2)3)29-26(40-4)16-23(35-36-29)18-41(38,39)27-9-7-6-8-25(27)31;1-3-13-8-14(9-15-11-25-22(24)26-20(13)15)21-18(31-2)10-16(27-28-21)12-32(29,30)19-7-5-4-6-17(19)23;1-6-10-7-12(8-11-9-19-14(18)20-13(10)11)17-21-15(2,3)16(4,5)22-17;1-19-8-6-10(14-15-11(8)13)16-20(17,18)9-5-3-2-4-7(9)12;1-10(2)8-5-3-7(9)4-6-8;7-5-3-1-2-4-6(5)11(8,9)10;1-10-3-2-4(6)8-9-5(3)7;;;/h6-9,14-17,22,24H,5,10-13,18H2,1-4H3,(H,32,33,34);4-11H,3,12H2,1-2H3;7-9H,6H2,1-5H3;2-6H,1H3,(H,14,16);7-8H,3-6,9H2,1-2H3;1-4H,(H2,8,9,10);2H,1H3;3*1H4. The maximum Gasteiger partial charge on any atom is 0.494 e. The van der Waals surface area contributed by atoms with Crippen LogP contribution in [-0.4, -0.2) is 213 Å². The van der Waals surface area contributed by atoms with E-state index in [1.54, 1.807) is 66.7 Å². The van der Waals surface area contributed by atoms with Crippen LogP contribution in [0.1, 0.15) is 150 Å². The van der Waals surface area contributed by atoms with Crippen LogP contribution in [-0.2, 0) is 79.8 Å². The number of methoxy groups -OCH3 is 4. The molecule has 7 aromatic heterocycles. The number of primary sulfonamides is 1. The van der Waals surface area contributed by atoms with Gasteiger partial charge in [-0.15, -0.1) is 30.6 Å². The number of rotatable bonds is 24. The molecule has 6 N–H and O–H groups in total. The van der Waals surface area contributed by atoms with Crippen LogP contribution in [0.2, 0.25) is 35.5 Å². The fraction of sp³-hybridized carbons (Fsp3) is 0.366. The molecule has 1 saturated heterocycles. The van der Waals surface area contributed by atoms with Crippen molar-refractivity contribution in [2.24, 2.45) is 10.9 Å². The highest BCUT2D eigenvalue weighted by atomic mass is 35.5. The summed E-state index contributed by atoms with van der Waals surface area (Å²) in [5.74, 6) is 1.32. The molecule has 3 fully saturated rings. The van der Waals surface area contributed by atoms with Gasteiger partial charge in [-0.05, 0) is 221 Å². The van der Waals surface area contributed by atoms with Gasteiger partial charge in [0, 0.05) is 94.3 Å². The molecule has 0 atom stereocenters. The molecule has 3 aliphatic rings. The first kappa shape index (κ1) is 123. The van der Waals surface area contributed by atoms with Crippen molar-refractivity contribution in [3.63, 3.8) is 0 Å². The number of aromatic nitrogens is 14. The van der Waals surface area contributed by atoms with Crippen molar-refractivity contribution in [3.8, 4) is 45.5 Å². The minimum atomic E-state index is -3.86. The Labute approximate surface area is 905 Å². The summed E-state index contributed by atoms with van der Waals surface area (Å²) in [6.07, 6.45) is 14.9. The Bertz CT molecular complexity index is 7440. The molecular formula is C101H122BCl7F2N20O14S4. The van der Waals surface area contributed by atoms with Crippen LogP contribution in [0.5, 0.6) is 23.0 Å². The molecule has 0 unspecified atom stereocenters. The number of aryl methyl sites for hydroxylation is 3. The fourth-order valence-electron chi connectivity index (χ4n) is 15.6. The molecule has 48 heteroatoms. The SMILES string of the molecule is C.C.C.CCc1cc(-c2nnc(CS(=O)(=O)c3ccccc3Cl)cc2OC)cc2cnc(F)nc12.CCc1cc(-c2nnc(CS(=O)(=O)c3ccccc3Cl)cc2OC)cc2cnc(NC3CCC(N(C)C)CC3)nc12.CCc1cc(B2OC(C)(C)C(C)(C)O2)cc2cnc(F)nc12.CN(C)C1CCC(N)CC1.COc1cc(Cl)nnc1Cl.COc1cc(NS(=O)(=O)c2ccccc2Cl)nnc1Cl.NS(=O)(=O)c1ccccc1Cl. The first-order chi connectivity index (χ1) is 69.1. The summed E-state index contributed by atoms with van der Waals surface area (Å²) in [4.78, 5) is 29.2. The Morgan fingerprint density at radius 1 is 0.443 bits per heavy atom. The molecule has 0 amide bonds. The summed E-state index contributed by atoms with van der Waals surface area (Å²) in [5.41, 5.74) is 13.7. The van der Waals surface area contributed by atoms with E-state index in [-0.39, 0.29) is 112 Å². The predicted molar refractivity (Wildman–Crippen MR) is 587 cm³/mol. The second-order valence-corrected chi connectivity index (χ2v) is 44.9. The van der Waals surface area contributed by atoms with Crippen LogP contribution < -0.4 is 45.3 Å². The quantitative estimate of drug-likeness (QED) is 0.0322. The Balaban J connectivity index is 0.000000224. The molecule has 0 bridgehead atoms. The predicted octanol–water partition coefficient (Wildman–Crippen LogP) is 20.7. The van der Waals surface area contributed by atoms with Gasteiger partial charge < -0.3 is 49.1 Å². The summed E-state index contributed by atoms with van der Waals surface area (Å²) in [7, 11) is -0.959. The molecule has 14 aromatic rings. The Morgan fingerprint density at radius 3 is 1.21 bits per heavy atom. The largest absolute Gasteiger partial charge is 0.494 e. The molecule has 7 aromatic carbocycles. The first-order valence-electron chi connectivity index (χ1n) is 45.6. The van der Waals surface area contributed by atoms with Crippen molar-refractivity contribution in [1.29, 1.82) is 0 Å². The average molecular weight is 2270 g/mol. The summed E-state index contributed by atoms with van der Waals surface area (Å²) in [5, 5.41) is 43.0. The highest BCUT2D eigenvalue weighted by Gasteiger charge is 2.52. The van der Waals surface area contributed by atoms with E-state index in [4.69, 9.17) is 125 Å². The topological polar surface area (TPSA) is 455 Å². The van der Waals surface area contributed by atoms with Gasteiger partial charge in [-0.25, -0.2) is 68.7 Å². The third kappa shape index (κ3) is 32.9. The minimum Gasteiger partial charge on any atom is -0.494 e. The van der Waals surface area contributed by atoms with Gasteiger partial charge in [0.1, 0.15) is 32.7 Å². The fourth-order valence-corrected chi connectivity index (χ4v) is 22.3. The third-order valence-electron chi connectivity index (χ3n) is 24.1. The van der Waals surface area contributed by atoms with E-state index in [2.05, 4.69) is 121 Å². The van der Waals surface area contributed by atoms with Crippen molar-refractivity contribution in [2.45, 2.75) is 208 Å². The number of ether oxygens (including phenoxy) is 4. The number of benzene rings is 7. The molecular weight excluding hydrogens is 2140 g/mol. The van der Waals surface area contributed by atoms with E-state index in [1.807, 2.05) is 78.1 Å². The number of hydrogen-bond donors (Lipinski definition) is 4. The number of nitrogens with one attached hydrogen (secondary N) is 2. The van der Waals surface area contributed by atoms with Gasteiger partial charge in [-0.2, -0.15) is 19.0 Å². The smallest absolute Gasteiger partial charge is 0.494 e. The van der Waals surface area contributed by atoms with Crippen LogP contribution in [0.4, 0.5) is 20.5 Å². The highest BCUT2D eigenvalue weighted by molar-refractivity contribution is 7.93. The van der Waals surface area contributed by atoms with Crippen molar-refractivity contribution in [3.05, 3.63) is 252 Å². The van der Waals surface area contributed by atoms with E-state index < -0.39 is 70.2 Å². The van der Waals surface area contributed by atoms with Gasteiger partial charge in [0.25, 0.3) is 10.0 Å². The molecule has 2 saturated carbocycles. The molecule has 8 heterocycles. The van der Waals surface area contributed by atoms with Gasteiger partial charge in [0.15, 0.2) is 52.5 Å². The second-order valence-electron chi connectivity index (χ2n) is 35.0. The lowest BCUT2D eigenvalue weighted by molar-refractivity contribution is 0.00578. The zero-order valence-corrected chi connectivity index (χ0v) is 90.9. The number of fused-ring (bicyclic) bond motifs is 3. The second kappa shape index (κ2) is 55.0. The van der Waals surface area contributed by atoms with Crippen LogP contribution in [0.25, 0.3) is 55.2 Å². The van der Waals surface area contributed by atoms with Crippen LogP contribution in [0.15, 0.2) is 196 Å². The number of halogens is 9. The van der Waals surface area contributed by atoms with Crippen molar-refractivity contribution in [1.82, 2.24) is 80.5 Å². The molecule has 2 aliphatic carbocycles. The summed E-state index contributed by atoms with van der Waals surface area (Å²) >= 11 is 40.3. The molecule has 34 nitrogen and oxygen atoms in total. The molecule has 0 radical (unpaired) electrons. The van der Waals surface area contributed by atoms with Gasteiger partial charge in [-0.1, -0.05) is 185 Å². The Morgan fingerprint density at radius 2 is 0.819 bits per heavy atom. The number of nitrogens with zero attached hydrogens (tertiary/aromatic N) is 16. The van der Waals surface area contributed by atoms with E-state index in [9.17, 15) is 42.5 Å². The minimum absolute atomic E-state index is 0. The highest BCUT2D eigenvalue weighted by Crippen LogP contribution is 2.40. The number of sulfone groups is 2. The molecule has 1 aliphatic heterocycles. The first-order valence-corrected chi connectivity index (χ1v) is 54.6. The number of anilines is 2. The van der Waals surface area contributed by atoms with Gasteiger partial charge >= 0.3 is 19.3 Å². The van der Waals surface area contributed by atoms with E-state index in [0.29, 0.717) is 81.1 Å². The maximum absolute atomic E-state index is 13.5. The van der Waals surface area contributed by atoms with E-state index >= 15 is 0 Å². The van der Waals surface area contributed by atoms with Crippen molar-refractivity contribution in [2.75, 3.05) is 66.7 Å². The monoisotopic (exact) mass is 2260 g/mol. The van der Waals surface area contributed by atoms with E-state index in [1.165, 1.54) is 127 Å². The van der Waals surface area contributed by atoms with Crippen molar-refractivity contribution >= 4 is 178 Å². The molecule has 17 rings (SSSR count). The van der Waals surface area contributed by atoms with Gasteiger partial charge in [0.2, 0.25) is 16.0 Å². The maximum atomic E-state index is 13.5. The lowest BCUT2D eigenvalue weighted by Gasteiger charge is -2.32. The third-order valence-corrected chi connectivity index (χ3v) is 32.4. The normalized spacial score (nSPS) is 15.6. The Kier molecular flexibility index (Phi) is 45.5. The molecule has 0 spiro atoms. The summed E-state index contributed by atoms with van der Waals surface area (Å²) in [6.45, 7) is 14.1. The van der Waals surface area contributed by atoms with Crippen LogP contribution in [0, 0.1) is 12.2 Å². The van der Waals surface area contributed by atoms with Gasteiger partial charge in [-0.3, -0.25) is 4.72 Å². The van der Waals surface area contributed by atoms with E-state index in [0.717, 1.165) is 88.6 Å². The number of nitrogens with two attached hydrogens (primary N) is 2. The molecule has 800 valence electrons. The van der Waals surface area contributed by atoms with Crippen LogP contribution >= 0.6 is 81.2 Å². The zero-order valence-electron chi connectivity index (χ0n) is 82.4. The summed E-state index contributed by atoms with van der Waals surface area (Å²) in [6, 6.07) is 44.4. The summed E-state index contributed by atoms with van der Waals surface area (Å²) < 4.78 is 159. The van der Waals surface area contributed by atoms with Gasteiger partial charge in [0.05, 0.1) is 109 Å². The Hall–Kier alpha value is -10.8. The lowest BCUT2D eigenvalue weighted by Crippen LogP contribution is -2.41. The average Bonchev–Trinajstić information content (AvgIpc) is 1.29. The number of sulfonamides is 2. The van der Waals surface area contributed by atoms with Crippen LogP contribution in [0.3, 0.4) is 0 Å². The molecule has 149 heavy (non-hydrogen) atoms. The number of hydrogen-bond acceptors (Lipinski definition) is 32. The lowest BCUT2D eigenvalue weighted by atomic mass is 9.77. The zero-order chi connectivity index (χ0) is 107. The van der Waals surface area contributed by atoms with Crippen molar-refractivity contribution < 1.29 is 70.7 Å².